The van der Waals surface area contributed by atoms with Crippen LogP contribution in [-0.2, 0) is 0 Å². The van der Waals surface area contributed by atoms with Gasteiger partial charge in [0.15, 0.2) is 0 Å². The second-order valence-corrected chi connectivity index (χ2v) is 6.63. The molecular weight excluding hydrogens is 308 g/mol. The van der Waals surface area contributed by atoms with Crippen LogP contribution < -0.4 is 5.32 Å². The van der Waals surface area contributed by atoms with Gasteiger partial charge in [-0.2, -0.15) is 0 Å². The highest BCUT2D eigenvalue weighted by atomic mass is 16.1. The molecule has 2 aromatic carbocycles. The van der Waals surface area contributed by atoms with Crippen LogP contribution in [0.15, 0.2) is 48.5 Å². The minimum atomic E-state index is -0.0289. The van der Waals surface area contributed by atoms with E-state index in [0.29, 0.717) is 0 Å². The molecule has 1 atom stereocenters. The fraction of sp³-hybridized carbons (Fsp3) is 0.273. The zero-order valence-corrected chi connectivity index (χ0v) is 15.3. The highest BCUT2D eigenvalue weighted by Crippen LogP contribution is 2.29. The molecule has 25 heavy (non-hydrogen) atoms. The number of hydrogen-bond donors (Lipinski definition) is 1. The molecule has 3 nitrogen and oxygen atoms in total. The number of para-hydroxylation sites is 1. The van der Waals surface area contributed by atoms with Crippen molar-refractivity contribution in [2.75, 3.05) is 0 Å². The van der Waals surface area contributed by atoms with E-state index in [9.17, 15) is 4.79 Å². The molecule has 1 heterocycles. The van der Waals surface area contributed by atoms with Gasteiger partial charge in [0.2, 0.25) is 0 Å². The van der Waals surface area contributed by atoms with Crippen LogP contribution in [0, 0.1) is 13.8 Å². The lowest BCUT2D eigenvalue weighted by Gasteiger charge is -2.17. The van der Waals surface area contributed by atoms with E-state index in [-0.39, 0.29) is 11.9 Å². The number of aromatic nitrogens is 1. The van der Waals surface area contributed by atoms with E-state index in [2.05, 4.69) is 43.4 Å². The molecule has 0 bridgehead atoms. The number of fused-ring (bicyclic) bond motifs is 1. The van der Waals surface area contributed by atoms with Crippen molar-refractivity contribution >= 4 is 16.8 Å². The van der Waals surface area contributed by atoms with Gasteiger partial charge in [0, 0.05) is 17.0 Å². The van der Waals surface area contributed by atoms with Gasteiger partial charge in [-0.1, -0.05) is 55.0 Å². The molecule has 0 radical (unpaired) electrons. The highest BCUT2D eigenvalue weighted by molar-refractivity contribution is 6.09. The number of hydrogen-bond acceptors (Lipinski definition) is 2. The van der Waals surface area contributed by atoms with E-state index in [0.717, 1.165) is 39.7 Å². The number of aryl methyl sites for hydroxylation is 1. The molecule has 3 heteroatoms. The molecule has 0 aliphatic heterocycles. The van der Waals surface area contributed by atoms with Gasteiger partial charge in [0.1, 0.15) is 0 Å². The zero-order valence-electron chi connectivity index (χ0n) is 15.3. The summed E-state index contributed by atoms with van der Waals surface area (Å²) in [5, 5.41) is 4.00. The summed E-state index contributed by atoms with van der Waals surface area (Å²) in [5.74, 6) is -0.0289. The molecule has 0 aliphatic rings. The van der Waals surface area contributed by atoms with Gasteiger partial charge >= 0.3 is 0 Å². The van der Waals surface area contributed by atoms with Crippen molar-refractivity contribution in [3.05, 3.63) is 65.2 Å². The third kappa shape index (κ3) is 3.41. The quantitative estimate of drug-likeness (QED) is 0.726. The third-order valence-corrected chi connectivity index (χ3v) is 4.68. The monoisotopic (exact) mass is 332 g/mol. The fourth-order valence-corrected chi connectivity index (χ4v) is 2.99. The van der Waals surface area contributed by atoms with E-state index < -0.39 is 0 Å². The molecule has 128 valence electrons. The summed E-state index contributed by atoms with van der Waals surface area (Å²) in [7, 11) is 0. The molecule has 0 fully saturated rings. The molecule has 0 spiro atoms. The zero-order chi connectivity index (χ0) is 18.0. The molecule has 0 saturated heterocycles. The normalized spacial score (nSPS) is 12.2. The number of carbonyl (C=O) groups is 1. The Balaban J connectivity index is 2.21. The number of nitrogens with one attached hydrogen (secondary N) is 1. The molecule has 3 aromatic rings. The van der Waals surface area contributed by atoms with Crippen LogP contribution in [-0.4, -0.2) is 16.9 Å². The highest BCUT2D eigenvalue weighted by Gasteiger charge is 2.19. The molecular formula is C22H24N2O. The maximum absolute atomic E-state index is 12.9. The number of benzene rings is 2. The second kappa shape index (κ2) is 7.06. The standard InChI is InChI=1S/C22H24N2O/c1-5-15(3)23-22(25)20-16(4)21(17-12-10-14(2)11-13-17)24-19-9-7-6-8-18(19)20/h6-13,15H,5H2,1-4H3,(H,23,25). The predicted molar refractivity (Wildman–Crippen MR) is 104 cm³/mol. The average molecular weight is 332 g/mol. The maximum Gasteiger partial charge on any atom is 0.252 e. The summed E-state index contributed by atoms with van der Waals surface area (Å²) >= 11 is 0. The average Bonchev–Trinajstić information content (AvgIpc) is 2.61. The van der Waals surface area contributed by atoms with Crippen molar-refractivity contribution in [2.45, 2.75) is 40.2 Å². The summed E-state index contributed by atoms with van der Waals surface area (Å²) in [4.78, 5) is 17.8. The van der Waals surface area contributed by atoms with Crippen LogP contribution in [0.2, 0.25) is 0 Å². The topological polar surface area (TPSA) is 42.0 Å². The first-order valence-corrected chi connectivity index (χ1v) is 8.78. The minimum absolute atomic E-state index is 0.0289. The SMILES string of the molecule is CCC(C)NC(=O)c1c(C)c(-c2ccc(C)cc2)nc2ccccc12. The van der Waals surface area contributed by atoms with Crippen LogP contribution in [0.4, 0.5) is 0 Å². The molecule has 1 N–H and O–H groups in total. The van der Waals surface area contributed by atoms with E-state index in [1.807, 2.05) is 38.1 Å². The van der Waals surface area contributed by atoms with Gasteiger partial charge < -0.3 is 5.32 Å². The van der Waals surface area contributed by atoms with Gasteiger partial charge in [-0.15, -0.1) is 0 Å². The maximum atomic E-state index is 12.9. The van der Waals surface area contributed by atoms with Gasteiger partial charge in [0.05, 0.1) is 16.8 Å². The molecule has 1 amide bonds. The van der Waals surface area contributed by atoms with Gasteiger partial charge in [0.25, 0.3) is 5.91 Å². The Morgan fingerprint density at radius 3 is 2.44 bits per heavy atom. The smallest absolute Gasteiger partial charge is 0.252 e. The lowest BCUT2D eigenvalue weighted by Crippen LogP contribution is -2.32. The first kappa shape index (κ1) is 17.2. The van der Waals surface area contributed by atoms with Gasteiger partial charge in [-0.05, 0) is 38.8 Å². The van der Waals surface area contributed by atoms with Gasteiger partial charge in [-0.3, -0.25) is 4.79 Å². The Labute approximate surface area is 149 Å². The molecule has 3 rings (SSSR count). The lowest BCUT2D eigenvalue weighted by atomic mass is 9.96. The van der Waals surface area contributed by atoms with Crippen LogP contribution in [0.3, 0.4) is 0 Å². The number of carbonyl (C=O) groups excluding carboxylic acids is 1. The second-order valence-electron chi connectivity index (χ2n) is 6.63. The largest absolute Gasteiger partial charge is 0.350 e. The summed E-state index contributed by atoms with van der Waals surface area (Å²) in [6.07, 6.45) is 0.901. The fourth-order valence-electron chi connectivity index (χ4n) is 2.99. The Morgan fingerprint density at radius 2 is 1.76 bits per heavy atom. The van der Waals surface area contributed by atoms with E-state index in [1.165, 1.54) is 5.56 Å². The first-order chi connectivity index (χ1) is 12.0. The number of amides is 1. The van der Waals surface area contributed by atoms with E-state index in [4.69, 9.17) is 4.98 Å². The minimum Gasteiger partial charge on any atom is -0.350 e. The Morgan fingerprint density at radius 1 is 1.08 bits per heavy atom. The third-order valence-electron chi connectivity index (χ3n) is 4.68. The molecule has 1 unspecified atom stereocenters. The van der Waals surface area contributed by atoms with Crippen LogP contribution in [0.1, 0.15) is 41.8 Å². The first-order valence-electron chi connectivity index (χ1n) is 8.78. The predicted octanol–water partition coefficient (Wildman–Crippen LogP) is 5.05. The summed E-state index contributed by atoms with van der Waals surface area (Å²) < 4.78 is 0. The van der Waals surface area contributed by atoms with E-state index >= 15 is 0 Å². The summed E-state index contributed by atoms with van der Waals surface area (Å²) in [6.45, 7) is 8.15. The van der Waals surface area contributed by atoms with Crippen LogP contribution in [0.25, 0.3) is 22.2 Å². The molecule has 0 aliphatic carbocycles. The Bertz CT molecular complexity index is 913. The Kier molecular flexibility index (Phi) is 4.84. The van der Waals surface area contributed by atoms with Gasteiger partial charge in [-0.25, -0.2) is 4.98 Å². The van der Waals surface area contributed by atoms with Crippen molar-refractivity contribution in [3.63, 3.8) is 0 Å². The lowest BCUT2D eigenvalue weighted by molar-refractivity contribution is 0.0940. The van der Waals surface area contributed by atoms with Crippen molar-refractivity contribution in [2.24, 2.45) is 0 Å². The summed E-state index contributed by atoms with van der Waals surface area (Å²) in [5.41, 5.74) is 5.60. The van der Waals surface area contributed by atoms with Crippen molar-refractivity contribution in [1.82, 2.24) is 10.3 Å². The Hall–Kier alpha value is -2.68. The summed E-state index contributed by atoms with van der Waals surface area (Å²) in [6, 6.07) is 16.3. The van der Waals surface area contributed by atoms with Crippen molar-refractivity contribution in [3.8, 4) is 11.3 Å². The molecule has 0 saturated carbocycles. The van der Waals surface area contributed by atoms with Crippen molar-refractivity contribution in [1.29, 1.82) is 0 Å². The molecule has 1 aromatic heterocycles. The van der Waals surface area contributed by atoms with Crippen LogP contribution in [0.5, 0.6) is 0 Å². The number of pyridine rings is 1. The number of nitrogens with zero attached hydrogens (tertiary/aromatic N) is 1. The number of rotatable bonds is 4. The van der Waals surface area contributed by atoms with Crippen molar-refractivity contribution < 1.29 is 4.79 Å². The van der Waals surface area contributed by atoms with Crippen LogP contribution >= 0.6 is 0 Å². The van der Waals surface area contributed by atoms with E-state index in [1.54, 1.807) is 0 Å².